The largest absolute Gasteiger partial charge is 0.391 e. The molecule has 1 fully saturated rings. The fraction of sp³-hybridized carbons (Fsp3) is 0.350. The van der Waals surface area contributed by atoms with E-state index in [1.165, 1.54) is 17.1 Å². The van der Waals surface area contributed by atoms with Gasteiger partial charge >= 0.3 is 0 Å². The first-order chi connectivity index (χ1) is 12.4. The number of aryl methyl sites for hydroxylation is 1. The highest BCUT2D eigenvalue weighted by molar-refractivity contribution is 6.30. The third-order valence-electron chi connectivity index (χ3n) is 4.70. The van der Waals surface area contributed by atoms with Gasteiger partial charge in [-0.15, -0.1) is 0 Å². The van der Waals surface area contributed by atoms with Gasteiger partial charge in [0.25, 0.3) is 5.91 Å². The Morgan fingerprint density at radius 1 is 1.19 bits per heavy atom. The van der Waals surface area contributed by atoms with Gasteiger partial charge in [0.2, 0.25) is 0 Å². The number of Topliss-reactive ketones (excluding diaryl/α,β-unsaturated/α-hetero) is 1. The highest BCUT2D eigenvalue weighted by atomic mass is 35.5. The number of carbonyl (C=O) groups is 3. The maximum Gasteiger partial charge on any atom is 0.254 e. The van der Waals surface area contributed by atoms with Gasteiger partial charge in [-0.3, -0.25) is 14.4 Å². The number of halogens is 1. The van der Waals surface area contributed by atoms with Crippen molar-refractivity contribution in [2.45, 2.75) is 37.8 Å². The molecule has 5 nitrogen and oxygen atoms in total. The Morgan fingerprint density at radius 3 is 2.58 bits per heavy atom. The predicted octanol–water partition coefficient (Wildman–Crippen LogP) is 2.26. The molecule has 26 heavy (non-hydrogen) atoms. The SMILES string of the molecule is O=C1C=CC(C(=O)N2C[C@H](O)C[C@H]2C(=O)CCc2ccc(Cl)cc2)=CC1. The highest BCUT2D eigenvalue weighted by Gasteiger charge is 2.39. The summed E-state index contributed by atoms with van der Waals surface area (Å²) in [5.41, 5.74) is 1.39. The summed E-state index contributed by atoms with van der Waals surface area (Å²) in [5.74, 6) is -0.435. The van der Waals surface area contributed by atoms with Crippen molar-refractivity contribution in [2.75, 3.05) is 6.54 Å². The average Bonchev–Trinajstić information content (AvgIpc) is 3.03. The van der Waals surface area contributed by atoms with Gasteiger partial charge in [0.15, 0.2) is 11.6 Å². The molecule has 1 aromatic rings. The number of hydrogen-bond donors (Lipinski definition) is 1. The standard InChI is InChI=1S/C20H20ClNO4/c21-15-6-1-13(2-7-15)3-10-19(25)18-11-17(24)12-22(18)20(26)14-4-8-16(23)9-5-14/h1-2,4-8,17-18,24H,3,9-12H2/t17-,18+/m1/s1. The van der Waals surface area contributed by atoms with Gasteiger partial charge in [-0.1, -0.05) is 29.8 Å². The molecule has 136 valence electrons. The number of carbonyl (C=O) groups excluding carboxylic acids is 3. The van der Waals surface area contributed by atoms with Crippen LogP contribution in [-0.4, -0.2) is 46.2 Å². The van der Waals surface area contributed by atoms with Crippen molar-refractivity contribution in [1.82, 2.24) is 4.90 Å². The van der Waals surface area contributed by atoms with Gasteiger partial charge < -0.3 is 10.0 Å². The van der Waals surface area contributed by atoms with Gasteiger partial charge in [0, 0.05) is 36.4 Å². The number of benzene rings is 1. The number of nitrogens with zero attached hydrogens (tertiary/aromatic N) is 1. The van der Waals surface area contributed by atoms with Crippen LogP contribution in [-0.2, 0) is 20.8 Å². The molecule has 1 aliphatic carbocycles. The summed E-state index contributed by atoms with van der Waals surface area (Å²) in [7, 11) is 0. The number of ketones is 2. The van der Waals surface area contributed by atoms with E-state index in [2.05, 4.69) is 0 Å². The first-order valence-electron chi connectivity index (χ1n) is 8.61. The van der Waals surface area contributed by atoms with E-state index in [9.17, 15) is 19.5 Å². The van der Waals surface area contributed by atoms with Crippen LogP contribution in [0.3, 0.4) is 0 Å². The van der Waals surface area contributed by atoms with E-state index in [4.69, 9.17) is 11.6 Å². The number of likely N-dealkylation sites (tertiary alicyclic amines) is 1. The molecule has 1 heterocycles. The van der Waals surface area contributed by atoms with E-state index in [1.54, 1.807) is 18.2 Å². The average molecular weight is 374 g/mol. The van der Waals surface area contributed by atoms with E-state index in [0.717, 1.165) is 5.56 Å². The fourth-order valence-corrected chi connectivity index (χ4v) is 3.41. The zero-order valence-corrected chi connectivity index (χ0v) is 15.0. The number of rotatable bonds is 5. The van der Waals surface area contributed by atoms with Gasteiger partial charge in [-0.2, -0.15) is 0 Å². The minimum atomic E-state index is -0.710. The Morgan fingerprint density at radius 2 is 1.92 bits per heavy atom. The smallest absolute Gasteiger partial charge is 0.254 e. The number of hydrogen-bond acceptors (Lipinski definition) is 4. The summed E-state index contributed by atoms with van der Waals surface area (Å²) >= 11 is 5.86. The number of aliphatic hydroxyl groups excluding tert-OH is 1. The third kappa shape index (κ3) is 4.29. The minimum absolute atomic E-state index is 0.0569. The molecular weight excluding hydrogens is 354 g/mol. The monoisotopic (exact) mass is 373 g/mol. The van der Waals surface area contributed by atoms with Crippen molar-refractivity contribution in [1.29, 1.82) is 0 Å². The zero-order chi connectivity index (χ0) is 18.7. The Hall–Kier alpha value is -2.24. The first-order valence-corrected chi connectivity index (χ1v) is 8.99. The maximum absolute atomic E-state index is 12.7. The highest BCUT2D eigenvalue weighted by Crippen LogP contribution is 2.24. The van der Waals surface area contributed by atoms with Crippen LogP contribution < -0.4 is 0 Å². The molecule has 0 saturated carbocycles. The molecule has 1 amide bonds. The van der Waals surface area contributed by atoms with Gasteiger partial charge in [0.05, 0.1) is 12.1 Å². The molecule has 6 heteroatoms. The first kappa shape index (κ1) is 18.5. The van der Waals surface area contributed by atoms with Crippen LogP contribution in [0.1, 0.15) is 24.8 Å². The zero-order valence-electron chi connectivity index (χ0n) is 14.2. The minimum Gasteiger partial charge on any atom is -0.391 e. The fourth-order valence-electron chi connectivity index (χ4n) is 3.28. The van der Waals surface area contributed by atoms with Crippen molar-refractivity contribution in [3.05, 3.63) is 58.7 Å². The lowest BCUT2D eigenvalue weighted by atomic mass is 10.00. The Bertz CT molecular complexity index is 782. The second kappa shape index (κ2) is 7.98. The molecule has 1 aliphatic heterocycles. The third-order valence-corrected chi connectivity index (χ3v) is 4.96. The second-order valence-electron chi connectivity index (χ2n) is 6.62. The van der Waals surface area contributed by atoms with Crippen LogP contribution in [0, 0.1) is 0 Å². The van der Waals surface area contributed by atoms with Crippen molar-refractivity contribution in [3.63, 3.8) is 0 Å². The van der Waals surface area contributed by atoms with Crippen LogP contribution in [0.4, 0.5) is 0 Å². The summed E-state index contributed by atoms with van der Waals surface area (Å²) in [5, 5.41) is 10.6. The molecule has 2 aliphatic rings. The van der Waals surface area contributed by atoms with Crippen LogP contribution in [0.25, 0.3) is 0 Å². The summed E-state index contributed by atoms with van der Waals surface area (Å²) in [6, 6.07) is 6.67. The molecule has 1 aromatic carbocycles. The molecule has 0 bridgehead atoms. The molecule has 3 rings (SSSR count). The van der Waals surface area contributed by atoms with Gasteiger partial charge in [-0.05, 0) is 36.3 Å². The van der Waals surface area contributed by atoms with E-state index in [-0.39, 0.29) is 43.3 Å². The lowest BCUT2D eigenvalue weighted by Crippen LogP contribution is -2.41. The Labute approximate surface area is 156 Å². The quantitative estimate of drug-likeness (QED) is 0.859. The van der Waals surface area contributed by atoms with Gasteiger partial charge in [-0.25, -0.2) is 0 Å². The van der Waals surface area contributed by atoms with E-state index >= 15 is 0 Å². The van der Waals surface area contributed by atoms with E-state index < -0.39 is 12.1 Å². The van der Waals surface area contributed by atoms with Crippen LogP contribution in [0.15, 0.2) is 48.1 Å². The van der Waals surface area contributed by atoms with E-state index in [0.29, 0.717) is 17.0 Å². The molecule has 1 saturated heterocycles. The lowest BCUT2D eigenvalue weighted by molar-refractivity contribution is -0.134. The molecule has 1 N–H and O–H groups in total. The van der Waals surface area contributed by atoms with Crippen molar-refractivity contribution in [2.24, 2.45) is 0 Å². The number of allylic oxidation sites excluding steroid dienone is 2. The summed E-state index contributed by atoms with van der Waals surface area (Å²) < 4.78 is 0. The van der Waals surface area contributed by atoms with Gasteiger partial charge in [0.1, 0.15) is 0 Å². The Balaban J connectivity index is 1.65. The molecule has 0 unspecified atom stereocenters. The number of β-amino-alcohol motifs (C(OH)–C–C–N with tert-alkyl or cyclic N) is 1. The van der Waals surface area contributed by atoms with Crippen molar-refractivity contribution < 1.29 is 19.5 Å². The summed E-state index contributed by atoms with van der Waals surface area (Å²) in [4.78, 5) is 38.0. The molecular formula is C20H20ClNO4. The number of aliphatic hydroxyl groups is 1. The summed E-state index contributed by atoms with van der Waals surface area (Å²) in [6.45, 7) is 0.134. The topological polar surface area (TPSA) is 74.7 Å². The van der Waals surface area contributed by atoms with E-state index in [1.807, 2.05) is 12.1 Å². The van der Waals surface area contributed by atoms with Crippen molar-refractivity contribution >= 4 is 29.1 Å². The molecule has 2 atom stereocenters. The normalized spacial score (nSPS) is 22.5. The number of amides is 1. The van der Waals surface area contributed by atoms with Crippen molar-refractivity contribution in [3.8, 4) is 0 Å². The predicted molar refractivity (Wildman–Crippen MR) is 97.8 cm³/mol. The summed E-state index contributed by atoms with van der Waals surface area (Å²) in [6.07, 6.45) is 5.00. The second-order valence-corrected chi connectivity index (χ2v) is 7.06. The van der Waals surface area contributed by atoms with Crippen LogP contribution >= 0.6 is 11.6 Å². The molecule has 0 radical (unpaired) electrons. The van der Waals surface area contributed by atoms with Crippen LogP contribution in [0.2, 0.25) is 5.02 Å². The van der Waals surface area contributed by atoms with Crippen LogP contribution in [0.5, 0.6) is 0 Å². The Kier molecular flexibility index (Phi) is 5.69. The molecule has 0 aromatic heterocycles. The molecule has 0 spiro atoms. The lowest BCUT2D eigenvalue weighted by Gasteiger charge is -2.24. The maximum atomic E-state index is 12.7.